The van der Waals surface area contributed by atoms with Crippen LogP contribution in [-0.4, -0.2) is 4.98 Å². The lowest BCUT2D eigenvalue weighted by Gasteiger charge is -2.04. The van der Waals surface area contributed by atoms with Gasteiger partial charge in [0.25, 0.3) is 0 Å². The summed E-state index contributed by atoms with van der Waals surface area (Å²) >= 11 is 3.18. The van der Waals surface area contributed by atoms with Gasteiger partial charge in [-0.2, -0.15) is 0 Å². The molecule has 0 saturated heterocycles. The van der Waals surface area contributed by atoms with Gasteiger partial charge in [-0.1, -0.05) is 22.0 Å². The zero-order valence-corrected chi connectivity index (χ0v) is 11.9. The van der Waals surface area contributed by atoms with Gasteiger partial charge in [0.1, 0.15) is 5.52 Å². The molecule has 0 spiro atoms. The standard InChI is InChI=1S/C14H10BrFN2O2/c15-8-4-5-11(9(16)6-8)19-7-13-18-14-10(17)2-1-3-12(14)20-13/h1-6H,7,17H2. The summed E-state index contributed by atoms with van der Waals surface area (Å²) < 4.78 is 25.1. The van der Waals surface area contributed by atoms with Gasteiger partial charge in [-0.3, -0.25) is 0 Å². The van der Waals surface area contributed by atoms with Crippen molar-refractivity contribution in [3.8, 4) is 5.75 Å². The first-order valence-electron chi connectivity index (χ1n) is 5.85. The predicted octanol–water partition coefficient (Wildman–Crippen LogP) is 3.89. The molecule has 20 heavy (non-hydrogen) atoms. The number of hydrogen-bond donors (Lipinski definition) is 1. The number of anilines is 1. The highest BCUT2D eigenvalue weighted by molar-refractivity contribution is 9.10. The lowest BCUT2D eigenvalue weighted by atomic mass is 10.3. The van der Waals surface area contributed by atoms with Crippen LogP contribution in [0.15, 0.2) is 45.3 Å². The van der Waals surface area contributed by atoms with E-state index < -0.39 is 5.82 Å². The summed E-state index contributed by atoms with van der Waals surface area (Å²) in [5.74, 6) is 0.0404. The normalized spacial score (nSPS) is 10.9. The van der Waals surface area contributed by atoms with Crippen LogP contribution < -0.4 is 10.5 Å². The molecule has 0 fully saturated rings. The van der Waals surface area contributed by atoms with Crippen LogP contribution >= 0.6 is 15.9 Å². The monoisotopic (exact) mass is 336 g/mol. The fourth-order valence-electron chi connectivity index (χ4n) is 1.81. The Morgan fingerprint density at radius 2 is 2.15 bits per heavy atom. The van der Waals surface area contributed by atoms with E-state index in [2.05, 4.69) is 20.9 Å². The van der Waals surface area contributed by atoms with Gasteiger partial charge in [0, 0.05) is 4.47 Å². The van der Waals surface area contributed by atoms with Crippen molar-refractivity contribution in [2.45, 2.75) is 6.61 Å². The second-order valence-corrected chi connectivity index (χ2v) is 5.08. The molecule has 102 valence electrons. The fourth-order valence-corrected chi connectivity index (χ4v) is 2.14. The molecule has 0 unspecified atom stereocenters. The van der Waals surface area contributed by atoms with Crippen molar-refractivity contribution in [2.75, 3.05) is 5.73 Å². The van der Waals surface area contributed by atoms with E-state index in [1.54, 1.807) is 24.3 Å². The summed E-state index contributed by atoms with van der Waals surface area (Å²) in [6, 6.07) is 9.85. The van der Waals surface area contributed by atoms with E-state index in [4.69, 9.17) is 14.9 Å². The number of nitrogens with zero attached hydrogens (tertiary/aromatic N) is 1. The fraction of sp³-hybridized carbons (Fsp3) is 0.0714. The second-order valence-electron chi connectivity index (χ2n) is 4.17. The molecule has 0 atom stereocenters. The topological polar surface area (TPSA) is 61.3 Å². The van der Waals surface area contributed by atoms with E-state index in [-0.39, 0.29) is 12.4 Å². The average molecular weight is 337 g/mol. The first kappa shape index (κ1) is 12.9. The Morgan fingerprint density at radius 3 is 2.90 bits per heavy atom. The number of nitrogen functional groups attached to an aromatic ring is 1. The van der Waals surface area contributed by atoms with Crippen LogP contribution in [0.2, 0.25) is 0 Å². The zero-order valence-electron chi connectivity index (χ0n) is 10.3. The minimum Gasteiger partial charge on any atom is -0.481 e. The lowest BCUT2D eigenvalue weighted by molar-refractivity contribution is 0.255. The number of oxazole rings is 1. The molecular formula is C14H10BrFN2O2. The van der Waals surface area contributed by atoms with Gasteiger partial charge in [-0.25, -0.2) is 9.37 Å². The summed E-state index contributed by atoms with van der Waals surface area (Å²) in [6.45, 7) is 0.0344. The van der Waals surface area contributed by atoms with E-state index >= 15 is 0 Å². The number of benzene rings is 2. The number of nitrogens with two attached hydrogens (primary N) is 1. The Balaban J connectivity index is 1.81. The first-order chi connectivity index (χ1) is 9.63. The summed E-state index contributed by atoms with van der Waals surface area (Å²) in [5.41, 5.74) is 7.49. The van der Waals surface area contributed by atoms with Crippen molar-refractivity contribution in [1.29, 1.82) is 0 Å². The molecule has 1 heterocycles. The number of ether oxygens (including phenoxy) is 1. The smallest absolute Gasteiger partial charge is 0.233 e. The third-order valence-corrected chi connectivity index (χ3v) is 3.23. The van der Waals surface area contributed by atoms with Gasteiger partial charge in [-0.15, -0.1) is 0 Å². The van der Waals surface area contributed by atoms with E-state index in [9.17, 15) is 4.39 Å². The maximum atomic E-state index is 13.6. The molecule has 3 rings (SSSR count). The number of halogens is 2. The van der Waals surface area contributed by atoms with E-state index in [1.165, 1.54) is 12.1 Å². The molecule has 0 aliphatic rings. The van der Waals surface area contributed by atoms with E-state index in [0.29, 0.717) is 27.2 Å². The van der Waals surface area contributed by atoms with Crippen molar-refractivity contribution in [3.63, 3.8) is 0 Å². The molecule has 0 aliphatic heterocycles. The summed E-state index contributed by atoms with van der Waals surface area (Å²) in [7, 11) is 0. The third kappa shape index (κ3) is 2.46. The van der Waals surface area contributed by atoms with Crippen LogP contribution in [-0.2, 0) is 6.61 Å². The van der Waals surface area contributed by atoms with Crippen molar-refractivity contribution >= 4 is 32.7 Å². The van der Waals surface area contributed by atoms with Gasteiger partial charge in [0.2, 0.25) is 5.89 Å². The van der Waals surface area contributed by atoms with Crippen LogP contribution in [0.5, 0.6) is 5.75 Å². The second kappa shape index (κ2) is 5.13. The van der Waals surface area contributed by atoms with Crippen LogP contribution in [0.1, 0.15) is 5.89 Å². The SMILES string of the molecule is Nc1cccc2oc(COc3ccc(Br)cc3F)nc12. The van der Waals surface area contributed by atoms with Crippen molar-refractivity contribution in [1.82, 2.24) is 4.98 Å². The Bertz CT molecular complexity index is 773. The molecule has 4 nitrogen and oxygen atoms in total. The highest BCUT2D eigenvalue weighted by Crippen LogP contribution is 2.24. The maximum absolute atomic E-state index is 13.6. The number of aromatic nitrogens is 1. The molecule has 0 radical (unpaired) electrons. The van der Waals surface area contributed by atoms with Crippen molar-refractivity contribution < 1.29 is 13.5 Å². The van der Waals surface area contributed by atoms with Gasteiger partial charge in [-0.05, 0) is 30.3 Å². The molecule has 2 N–H and O–H groups in total. The van der Waals surface area contributed by atoms with Gasteiger partial charge >= 0.3 is 0 Å². The molecule has 0 aliphatic carbocycles. The van der Waals surface area contributed by atoms with Gasteiger partial charge in [0.15, 0.2) is 23.8 Å². The number of para-hydroxylation sites is 1. The lowest BCUT2D eigenvalue weighted by Crippen LogP contribution is -1.97. The average Bonchev–Trinajstić information content (AvgIpc) is 2.82. The van der Waals surface area contributed by atoms with Crippen LogP contribution in [0.4, 0.5) is 10.1 Å². The maximum Gasteiger partial charge on any atom is 0.233 e. The molecule has 3 aromatic rings. The predicted molar refractivity (Wildman–Crippen MR) is 76.9 cm³/mol. The molecule has 6 heteroatoms. The molecule has 0 amide bonds. The zero-order chi connectivity index (χ0) is 14.1. The quantitative estimate of drug-likeness (QED) is 0.737. The number of rotatable bonds is 3. The van der Waals surface area contributed by atoms with Crippen LogP contribution in [0.25, 0.3) is 11.1 Å². The van der Waals surface area contributed by atoms with Gasteiger partial charge < -0.3 is 14.9 Å². The minimum atomic E-state index is -0.449. The molecule has 0 bridgehead atoms. The number of hydrogen-bond acceptors (Lipinski definition) is 4. The number of fused-ring (bicyclic) bond motifs is 1. The summed E-state index contributed by atoms with van der Waals surface area (Å²) in [4.78, 5) is 4.23. The van der Waals surface area contributed by atoms with Gasteiger partial charge in [0.05, 0.1) is 5.69 Å². The Hall–Kier alpha value is -2.08. The summed E-state index contributed by atoms with van der Waals surface area (Å²) in [5, 5.41) is 0. The molecule has 0 saturated carbocycles. The first-order valence-corrected chi connectivity index (χ1v) is 6.64. The largest absolute Gasteiger partial charge is 0.481 e. The highest BCUT2D eigenvalue weighted by atomic mass is 79.9. The Labute approximate surface area is 122 Å². The van der Waals surface area contributed by atoms with E-state index in [0.717, 1.165) is 0 Å². The van der Waals surface area contributed by atoms with E-state index in [1.807, 2.05) is 0 Å². The highest BCUT2D eigenvalue weighted by Gasteiger charge is 2.10. The Kier molecular flexibility index (Phi) is 3.31. The molecule has 1 aromatic heterocycles. The van der Waals surface area contributed by atoms with Crippen LogP contribution in [0.3, 0.4) is 0 Å². The Morgan fingerprint density at radius 1 is 1.30 bits per heavy atom. The van der Waals surface area contributed by atoms with Crippen molar-refractivity contribution in [3.05, 3.63) is 52.6 Å². The van der Waals surface area contributed by atoms with Crippen LogP contribution in [0, 0.1) is 5.82 Å². The molecule has 2 aromatic carbocycles. The summed E-state index contributed by atoms with van der Waals surface area (Å²) in [6.07, 6.45) is 0. The minimum absolute atomic E-state index is 0.0344. The van der Waals surface area contributed by atoms with Crippen molar-refractivity contribution in [2.24, 2.45) is 0 Å². The third-order valence-electron chi connectivity index (χ3n) is 2.74. The molecular weight excluding hydrogens is 327 g/mol.